The lowest BCUT2D eigenvalue weighted by Gasteiger charge is -2.47. The number of carbonyl (C=O) groups is 1. The Labute approximate surface area is 212 Å². The van der Waals surface area contributed by atoms with Crippen LogP contribution in [0.4, 0.5) is 4.79 Å². The van der Waals surface area contributed by atoms with Crippen molar-refractivity contribution in [1.29, 1.82) is 0 Å². The molecule has 2 fully saturated rings. The van der Waals surface area contributed by atoms with Gasteiger partial charge in [-0.3, -0.25) is 4.90 Å². The molecule has 5 rings (SSSR count). The van der Waals surface area contributed by atoms with Gasteiger partial charge in [0.25, 0.3) is 0 Å². The lowest BCUT2D eigenvalue weighted by atomic mass is 9.79. The molecule has 5 heterocycles. The van der Waals surface area contributed by atoms with Gasteiger partial charge >= 0.3 is 6.09 Å². The van der Waals surface area contributed by atoms with E-state index in [1.807, 2.05) is 36.8 Å². The second kappa shape index (κ2) is 9.48. The highest BCUT2D eigenvalue weighted by molar-refractivity contribution is 7.12. The zero-order valence-corrected chi connectivity index (χ0v) is 22.6. The predicted molar refractivity (Wildman–Crippen MR) is 136 cm³/mol. The summed E-state index contributed by atoms with van der Waals surface area (Å²) >= 11 is 1.98. The minimum atomic E-state index is -0.481. The fraction of sp³-hybridized carbons (Fsp3) is 0.731. The summed E-state index contributed by atoms with van der Waals surface area (Å²) in [6.45, 7) is 14.1. The SMILES string of the molecule is CCc1cc2c(s1)CCO[C@@]21CCN(Cc2cn([C@@H]3CCN(C(=O)OC(C)(C)C)C3)nn2)[C@@H](C)C1. The van der Waals surface area contributed by atoms with Crippen LogP contribution >= 0.6 is 11.3 Å². The van der Waals surface area contributed by atoms with E-state index in [9.17, 15) is 4.79 Å². The van der Waals surface area contributed by atoms with Crippen molar-refractivity contribution in [3.05, 3.63) is 33.3 Å². The number of likely N-dealkylation sites (tertiary alicyclic amines) is 2. The van der Waals surface area contributed by atoms with Crippen molar-refractivity contribution in [1.82, 2.24) is 24.8 Å². The molecule has 3 aliphatic heterocycles. The summed E-state index contributed by atoms with van der Waals surface area (Å²) in [7, 11) is 0. The van der Waals surface area contributed by atoms with Gasteiger partial charge in [0.2, 0.25) is 0 Å². The fourth-order valence-corrected chi connectivity index (χ4v) is 6.91. The van der Waals surface area contributed by atoms with E-state index in [4.69, 9.17) is 9.47 Å². The number of amides is 1. The molecule has 3 aliphatic rings. The number of ether oxygens (including phenoxy) is 2. The topological polar surface area (TPSA) is 72.7 Å². The van der Waals surface area contributed by atoms with Crippen LogP contribution in [0.3, 0.4) is 0 Å². The summed E-state index contributed by atoms with van der Waals surface area (Å²) in [5, 5.41) is 8.90. The van der Waals surface area contributed by atoms with Crippen LogP contribution in [0.2, 0.25) is 0 Å². The van der Waals surface area contributed by atoms with Crippen molar-refractivity contribution in [3.63, 3.8) is 0 Å². The smallest absolute Gasteiger partial charge is 0.410 e. The minimum absolute atomic E-state index is 0.125. The van der Waals surface area contributed by atoms with E-state index in [2.05, 4.69) is 41.3 Å². The van der Waals surface area contributed by atoms with E-state index in [1.54, 1.807) is 4.90 Å². The molecular weight excluding hydrogens is 462 g/mol. The number of fused-ring (bicyclic) bond motifs is 2. The molecule has 3 atom stereocenters. The van der Waals surface area contributed by atoms with Crippen molar-refractivity contribution in [3.8, 4) is 0 Å². The highest BCUT2D eigenvalue weighted by atomic mass is 32.1. The molecule has 0 aliphatic carbocycles. The summed E-state index contributed by atoms with van der Waals surface area (Å²) in [4.78, 5) is 19.7. The molecule has 2 aromatic heterocycles. The predicted octanol–water partition coefficient (Wildman–Crippen LogP) is 4.54. The molecule has 8 nitrogen and oxygen atoms in total. The fourth-order valence-electron chi connectivity index (χ4n) is 5.73. The largest absolute Gasteiger partial charge is 0.444 e. The first-order chi connectivity index (χ1) is 16.7. The third-order valence-corrected chi connectivity index (χ3v) is 8.91. The molecule has 0 saturated carbocycles. The zero-order valence-electron chi connectivity index (χ0n) is 21.7. The number of carbonyl (C=O) groups excluding carboxylic acids is 1. The normalized spacial score (nSPS) is 27.4. The molecule has 192 valence electrons. The second-order valence-electron chi connectivity index (χ2n) is 11.3. The van der Waals surface area contributed by atoms with Gasteiger partial charge in [0.05, 0.1) is 30.1 Å². The average molecular weight is 502 g/mol. The molecule has 0 unspecified atom stereocenters. The molecule has 2 saturated heterocycles. The molecule has 1 spiro atoms. The lowest BCUT2D eigenvalue weighted by molar-refractivity contribution is -0.112. The van der Waals surface area contributed by atoms with Crippen molar-refractivity contribution in [2.75, 3.05) is 26.2 Å². The molecule has 0 bridgehead atoms. The van der Waals surface area contributed by atoms with Gasteiger partial charge in [0.1, 0.15) is 5.60 Å². The molecule has 9 heteroatoms. The first-order valence-corrected chi connectivity index (χ1v) is 13.9. The Balaban J connectivity index is 1.19. The van der Waals surface area contributed by atoms with Gasteiger partial charge in [-0.25, -0.2) is 9.48 Å². The van der Waals surface area contributed by atoms with Crippen molar-refractivity contribution < 1.29 is 14.3 Å². The number of hydrogen-bond acceptors (Lipinski definition) is 7. The van der Waals surface area contributed by atoms with E-state index in [0.717, 1.165) is 57.5 Å². The Bertz CT molecular complexity index is 1060. The summed E-state index contributed by atoms with van der Waals surface area (Å²) in [6, 6.07) is 2.96. The van der Waals surface area contributed by atoms with Gasteiger partial charge in [0, 0.05) is 48.4 Å². The lowest BCUT2D eigenvalue weighted by Crippen LogP contribution is -2.50. The van der Waals surface area contributed by atoms with Crippen LogP contribution < -0.4 is 0 Å². The Morgan fingerprint density at radius 2 is 2.17 bits per heavy atom. The van der Waals surface area contributed by atoms with Crippen LogP contribution in [0, 0.1) is 0 Å². The maximum Gasteiger partial charge on any atom is 0.410 e. The van der Waals surface area contributed by atoms with E-state index in [-0.39, 0.29) is 17.7 Å². The number of thiophene rings is 1. The molecule has 0 aromatic carbocycles. The van der Waals surface area contributed by atoms with E-state index < -0.39 is 5.60 Å². The Kier molecular flexibility index (Phi) is 6.70. The quantitative estimate of drug-likeness (QED) is 0.613. The molecule has 1 amide bonds. The summed E-state index contributed by atoms with van der Waals surface area (Å²) in [5.41, 5.74) is 1.84. The number of aromatic nitrogens is 3. The number of piperidine rings is 1. The number of hydrogen-bond donors (Lipinski definition) is 0. The van der Waals surface area contributed by atoms with Crippen LogP contribution in [0.5, 0.6) is 0 Å². The van der Waals surface area contributed by atoms with Gasteiger partial charge in [-0.2, -0.15) is 0 Å². The summed E-state index contributed by atoms with van der Waals surface area (Å²) in [5.74, 6) is 0. The zero-order chi connectivity index (χ0) is 24.8. The highest BCUT2D eigenvalue weighted by Crippen LogP contribution is 2.46. The molecule has 0 radical (unpaired) electrons. The number of rotatable bonds is 4. The summed E-state index contributed by atoms with van der Waals surface area (Å²) < 4.78 is 14.0. The maximum absolute atomic E-state index is 12.4. The van der Waals surface area contributed by atoms with Crippen LogP contribution in [0.25, 0.3) is 0 Å². The maximum atomic E-state index is 12.4. The molecule has 0 N–H and O–H groups in total. The number of nitrogens with zero attached hydrogens (tertiary/aromatic N) is 5. The molecular formula is C26H39N5O3S. The van der Waals surface area contributed by atoms with Crippen molar-refractivity contribution in [2.45, 2.75) is 96.6 Å². The van der Waals surface area contributed by atoms with Crippen molar-refractivity contribution in [2.24, 2.45) is 0 Å². The Morgan fingerprint density at radius 3 is 2.91 bits per heavy atom. The van der Waals surface area contributed by atoms with Gasteiger partial charge < -0.3 is 14.4 Å². The van der Waals surface area contributed by atoms with Crippen LogP contribution in [-0.2, 0) is 34.5 Å². The first kappa shape index (κ1) is 24.7. The van der Waals surface area contributed by atoms with E-state index in [1.165, 1.54) is 15.3 Å². The third kappa shape index (κ3) is 5.13. The van der Waals surface area contributed by atoms with Crippen LogP contribution in [0.15, 0.2) is 12.3 Å². The van der Waals surface area contributed by atoms with Crippen LogP contribution in [0.1, 0.15) is 80.9 Å². The van der Waals surface area contributed by atoms with E-state index in [0.29, 0.717) is 19.1 Å². The van der Waals surface area contributed by atoms with Crippen LogP contribution in [-0.4, -0.2) is 68.8 Å². The van der Waals surface area contributed by atoms with Gasteiger partial charge in [-0.15, -0.1) is 16.4 Å². The summed E-state index contributed by atoms with van der Waals surface area (Å²) in [6.07, 6.45) is 6.86. The average Bonchev–Trinajstić information content (AvgIpc) is 3.54. The third-order valence-electron chi connectivity index (χ3n) is 7.57. The number of aryl methyl sites for hydroxylation is 1. The van der Waals surface area contributed by atoms with Gasteiger partial charge in [-0.1, -0.05) is 12.1 Å². The Morgan fingerprint density at radius 1 is 1.34 bits per heavy atom. The van der Waals surface area contributed by atoms with Gasteiger partial charge in [0.15, 0.2) is 0 Å². The second-order valence-corrected chi connectivity index (χ2v) is 12.5. The first-order valence-electron chi connectivity index (χ1n) is 13.0. The highest BCUT2D eigenvalue weighted by Gasteiger charge is 2.44. The molecule has 2 aromatic rings. The van der Waals surface area contributed by atoms with Crippen molar-refractivity contribution >= 4 is 17.4 Å². The minimum Gasteiger partial charge on any atom is -0.444 e. The standard InChI is InChI=1S/C26H39N5O3S/c1-6-21-13-22-23(35-21)8-12-33-26(22)9-11-29(18(2)14-26)15-19-16-31(28-27-19)20-7-10-30(17-20)24(32)34-25(3,4)5/h13,16,18,20H,6-12,14-15,17H2,1-5H3/t18-,20+,26+/m0/s1. The monoisotopic (exact) mass is 501 g/mol. The Hall–Kier alpha value is -1.97. The van der Waals surface area contributed by atoms with E-state index >= 15 is 0 Å². The molecule has 35 heavy (non-hydrogen) atoms. The van der Waals surface area contributed by atoms with Gasteiger partial charge in [-0.05, 0) is 65.0 Å².